The highest BCUT2D eigenvalue weighted by Crippen LogP contribution is 2.43. The zero-order valence-corrected chi connectivity index (χ0v) is 34.3. The van der Waals surface area contributed by atoms with E-state index in [1.165, 1.54) is 59.0 Å². The third kappa shape index (κ3) is 9.04. The van der Waals surface area contributed by atoms with Crippen molar-refractivity contribution in [1.82, 2.24) is 14.8 Å². The van der Waals surface area contributed by atoms with E-state index < -0.39 is 18.4 Å². The number of carbonyl (C=O) groups excluding carboxylic acids is 3. The molecular weight excluding hydrogens is 801 g/mol. The Labute approximate surface area is 348 Å². The molecule has 310 valence electrons. The summed E-state index contributed by atoms with van der Waals surface area (Å²) in [5.74, 6) is 1.42. The highest BCUT2D eigenvalue weighted by atomic mass is 33.1. The fourth-order valence-electron chi connectivity index (χ4n) is 7.35. The lowest BCUT2D eigenvalue weighted by atomic mass is 10.1. The van der Waals surface area contributed by atoms with Gasteiger partial charge in [0, 0.05) is 37.2 Å². The number of rotatable bonds is 16. The van der Waals surface area contributed by atoms with Crippen LogP contribution in [0.2, 0.25) is 0 Å². The molecule has 2 aromatic carbocycles. The Hall–Kier alpha value is -5.59. The van der Waals surface area contributed by atoms with Gasteiger partial charge in [0.05, 0.1) is 68.2 Å². The summed E-state index contributed by atoms with van der Waals surface area (Å²) < 4.78 is 29.1. The average molecular weight is 845 g/mol. The van der Waals surface area contributed by atoms with Crippen LogP contribution in [0.5, 0.6) is 23.0 Å². The number of benzene rings is 2. The van der Waals surface area contributed by atoms with Gasteiger partial charge in [0.25, 0.3) is 11.8 Å². The summed E-state index contributed by atoms with van der Waals surface area (Å²) in [5.41, 5.74) is 3.26. The molecule has 5 heterocycles. The molecule has 0 bridgehead atoms. The lowest BCUT2D eigenvalue weighted by Gasteiger charge is -2.31. The van der Waals surface area contributed by atoms with Crippen LogP contribution < -0.4 is 23.8 Å². The van der Waals surface area contributed by atoms with Gasteiger partial charge in [0.15, 0.2) is 29.2 Å². The second-order valence-corrected chi connectivity index (χ2v) is 16.7. The minimum atomic E-state index is -1.42. The summed E-state index contributed by atoms with van der Waals surface area (Å²) in [6, 6.07) is 8.85. The first-order chi connectivity index (χ1) is 28.6. The van der Waals surface area contributed by atoms with Crippen LogP contribution in [0.25, 0.3) is 0 Å². The SMILES string of the molecule is C=C1C[C@H]2C=Nc3cc(OCCCCCOc4cc5c(cc4OC)C(=O)N4CC(=C)C[C@H]4[C@H](O)N5C(=O)OCCSSc4ccc(N=O)cn4)c(OC)cc3C(=O)N2C1. The van der Waals surface area contributed by atoms with Crippen LogP contribution in [0.3, 0.4) is 0 Å². The number of aliphatic hydroxyl groups is 1. The number of fused-ring (bicyclic) bond motifs is 4. The van der Waals surface area contributed by atoms with Crippen molar-refractivity contribution in [3.05, 3.63) is 82.9 Å². The van der Waals surface area contributed by atoms with Gasteiger partial charge >= 0.3 is 6.09 Å². The second-order valence-electron chi connectivity index (χ2n) is 14.2. The standard InChI is InChI=1S/C41H44N6O10S2/c1-24-14-27-21-42-30-18-35(33(53-3)16-28(30)38(48)45(27)22-24)55-10-6-5-7-11-56-36-19-31-29(17-34(36)54-4)39(49)46-23-25(2)15-32(46)40(50)47(31)41(51)57-12-13-58-59-37-9-8-26(44-52)20-43-37/h8-9,16-21,27,32,40,50H,1-2,5-7,10-15,22-23H2,3-4H3/t27-,32-,40-/m0/s1. The van der Waals surface area contributed by atoms with Crippen molar-refractivity contribution < 1.29 is 43.2 Å². The van der Waals surface area contributed by atoms with Gasteiger partial charge in [-0.25, -0.2) is 14.7 Å². The molecule has 7 rings (SSSR count). The molecule has 0 spiro atoms. The zero-order chi connectivity index (χ0) is 41.6. The van der Waals surface area contributed by atoms with Crippen LogP contribution in [0.1, 0.15) is 52.8 Å². The molecule has 0 unspecified atom stereocenters. The fourth-order valence-corrected chi connectivity index (χ4v) is 9.03. The predicted octanol–water partition coefficient (Wildman–Crippen LogP) is 7.10. The van der Waals surface area contributed by atoms with E-state index in [4.69, 9.17) is 23.7 Å². The van der Waals surface area contributed by atoms with Crippen LogP contribution in [-0.2, 0) is 4.74 Å². The normalized spacial score (nSPS) is 19.4. The van der Waals surface area contributed by atoms with Gasteiger partial charge in [-0.1, -0.05) is 35.1 Å². The first-order valence-electron chi connectivity index (χ1n) is 19.0. The summed E-state index contributed by atoms with van der Waals surface area (Å²) in [6.45, 7) is 9.47. The molecule has 59 heavy (non-hydrogen) atoms. The van der Waals surface area contributed by atoms with Crippen LogP contribution in [-0.4, -0.2) is 115 Å². The van der Waals surface area contributed by atoms with E-state index in [0.717, 1.165) is 22.5 Å². The number of pyridine rings is 1. The Morgan fingerprint density at radius 3 is 2.25 bits per heavy atom. The first kappa shape index (κ1) is 41.6. The first-order valence-corrected chi connectivity index (χ1v) is 21.3. The Bertz CT molecular complexity index is 2170. The van der Waals surface area contributed by atoms with E-state index in [0.29, 0.717) is 78.1 Å². The van der Waals surface area contributed by atoms with Crippen molar-refractivity contribution in [3.63, 3.8) is 0 Å². The maximum atomic E-state index is 13.9. The van der Waals surface area contributed by atoms with Crippen LogP contribution in [0.15, 0.2) is 82.1 Å². The molecule has 4 aliphatic heterocycles. The van der Waals surface area contributed by atoms with Crippen molar-refractivity contribution in [1.29, 1.82) is 0 Å². The number of aliphatic imine (C=N–C) groups is 1. The number of unbranched alkanes of at least 4 members (excludes halogenated alkanes) is 2. The predicted molar refractivity (Wildman–Crippen MR) is 224 cm³/mol. The van der Waals surface area contributed by atoms with Crippen molar-refractivity contribution in [2.24, 2.45) is 10.2 Å². The van der Waals surface area contributed by atoms with Gasteiger partial charge in [0.2, 0.25) is 0 Å². The molecule has 0 radical (unpaired) electrons. The molecule has 18 heteroatoms. The number of nitrogens with zero attached hydrogens (tertiary/aromatic N) is 6. The zero-order valence-electron chi connectivity index (χ0n) is 32.7. The number of ether oxygens (including phenoxy) is 5. The van der Waals surface area contributed by atoms with Crippen LogP contribution in [0.4, 0.5) is 21.9 Å². The number of hydrogen-bond acceptors (Lipinski definition) is 15. The summed E-state index contributed by atoms with van der Waals surface area (Å²) in [6.07, 6.45) is 3.98. The van der Waals surface area contributed by atoms with Gasteiger partial charge in [-0.05, 0) is 72.3 Å². The Morgan fingerprint density at radius 2 is 1.56 bits per heavy atom. The molecular formula is C41H44N6O10S2. The van der Waals surface area contributed by atoms with Crippen LogP contribution >= 0.6 is 21.6 Å². The van der Waals surface area contributed by atoms with Crippen molar-refractivity contribution in [3.8, 4) is 23.0 Å². The molecule has 16 nitrogen and oxygen atoms in total. The van der Waals surface area contributed by atoms with E-state index in [2.05, 4.69) is 28.3 Å². The lowest BCUT2D eigenvalue weighted by Crippen LogP contribution is -2.51. The fraction of sp³-hybridized carbons (Fsp3) is 0.390. The molecule has 3 atom stereocenters. The molecule has 4 aliphatic rings. The van der Waals surface area contributed by atoms with E-state index >= 15 is 0 Å². The quantitative estimate of drug-likeness (QED) is 0.0668. The third-order valence-electron chi connectivity index (χ3n) is 10.2. The smallest absolute Gasteiger partial charge is 0.416 e. The van der Waals surface area contributed by atoms with E-state index in [1.807, 2.05) is 0 Å². The number of hydrogen-bond donors (Lipinski definition) is 1. The van der Waals surface area contributed by atoms with E-state index in [9.17, 15) is 24.4 Å². The molecule has 1 N–H and O–H groups in total. The van der Waals surface area contributed by atoms with Gasteiger partial charge in [-0.2, -0.15) is 0 Å². The maximum absolute atomic E-state index is 13.9. The van der Waals surface area contributed by atoms with Crippen molar-refractivity contribution >= 4 is 62.8 Å². The number of anilines is 1. The average Bonchev–Trinajstić information content (AvgIpc) is 3.78. The number of aromatic nitrogens is 1. The molecule has 2 fully saturated rings. The molecule has 1 aromatic heterocycles. The number of amides is 3. The maximum Gasteiger partial charge on any atom is 0.416 e. The second kappa shape index (κ2) is 18.6. The molecule has 0 aliphatic carbocycles. The summed E-state index contributed by atoms with van der Waals surface area (Å²) in [7, 11) is 5.73. The third-order valence-corrected chi connectivity index (χ3v) is 12.5. The molecule has 3 aromatic rings. The highest BCUT2D eigenvalue weighted by Gasteiger charge is 2.46. The number of nitroso groups, excluding NO2 is 1. The van der Waals surface area contributed by atoms with Crippen LogP contribution in [0, 0.1) is 4.91 Å². The van der Waals surface area contributed by atoms with Gasteiger partial charge in [-0.15, -0.1) is 4.91 Å². The largest absolute Gasteiger partial charge is 0.493 e. The monoisotopic (exact) mass is 844 g/mol. The highest BCUT2D eigenvalue weighted by molar-refractivity contribution is 8.76. The summed E-state index contributed by atoms with van der Waals surface area (Å²) in [5, 5.41) is 15.1. The van der Waals surface area contributed by atoms with Gasteiger partial charge < -0.3 is 38.6 Å². The van der Waals surface area contributed by atoms with Gasteiger partial charge in [0.1, 0.15) is 17.3 Å². The van der Waals surface area contributed by atoms with Crippen molar-refractivity contribution in [2.75, 3.05) is 57.8 Å². The summed E-state index contributed by atoms with van der Waals surface area (Å²) in [4.78, 5) is 64.7. The minimum absolute atomic E-state index is 0.00408. The summed E-state index contributed by atoms with van der Waals surface area (Å²) >= 11 is 0. The Kier molecular flexibility index (Phi) is 13.1. The molecule has 3 amide bonds. The number of methoxy groups -OCH3 is 2. The van der Waals surface area contributed by atoms with Crippen molar-refractivity contribution in [2.45, 2.75) is 55.4 Å². The minimum Gasteiger partial charge on any atom is -0.493 e. The Morgan fingerprint density at radius 1 is 0.881 bits per heavy atom. The lowest BCUT2D eigenvalue weighted by molar-refractivity contribution is 0.0493. The topological polar surface area (TPSA) is 182 Å². The Balaban J connectivity index is 0.967. The van der Waals surface area contributed by atoms with E-state index in [1.54, 1.807) is 35.4 Å². The molecule has 2 saturated heterocycles. The number of carbonyl (C=O) groups is 3. The number of aliphatic hydroxyl groups excluding tert-OH is 1. The molecule has 0 saturated carbocycles. The van der Waals surface area contributed by atoms with E-state index in [-0.39, 0.29) is 60.3 Å². The van der Waals surface area contributed by atoms with Gasteiger partial charge in [-0.3, -0.25) is 14.6 Å².